The quantitative estimate of drug-likeness (QED) is 0.795. The molecule has 3 aromatic rings. The van der Waals surface area contributed by atoms with Gasteiger partial charge in [-0.25, -0.2) is 4.98 Å². The molecule has 0 aromatic carbocycles. The largest absolute Gasteiger partial charge is 0.346 e. The summed E-state index contributed by atoms with van der Waals surface area (Å²) in [7, 11) is 0. The summed E-state index contributed by atoms with van der Waals surface area (Å²) in [5, 5.41) is 9.59. The van der Waals surface area contributed by atoms with Gasteiger partial charge in [0.1, 0.15) is 10.7 Å². The molecule has 0 aliphatic carbocycles. The fourth-order valence-electron chi connectivity index (χ4n) is 1.56. The van der Waals surface area contributed by atoms with Gasteiger partial charge in [-0.05, 0) is 22.9 Å². The van der Waals surface area contributed by atoms with Gasteiger partial charge in [0.25, 0.3) is 5.91 Å². The molecule has 96 valence electrons. The van der Waals surface area contributed by atoms with E-state index in [1.807, 2.05) is 35.0 Å². The molecule has 0 unspecified atom stereocenters. The topological polar surface area (TPSA) is 42.0 Å². The molecule has 0 aliphatic heterocycles. The lowest BCUT2D eigenvalue weighted by Gasteiger charge is -2.00. The molecule has 0 atom stereocenters. The highest BCUT2D eigenvalue weighted by atomic mass is 32.1. The van der Waals surface area contributed by atoms with Gasteiger partial charge in [-0.15, -0.1) is 34.0 Å². The van der Waals surface area contributed by atoms with Gasteiger partial charge < -0.3 is 5.32 Å². The van der Waals surface area contributed by atoms with Crippen molar-refractivity contribution in [3.8, 4) is 9.88 Å². The second-order valence-corrected chi connectivity index (χ2v) is 6.62. The average molecular weight is 306 g/mol. The van der Waals surface area contributed by atoms with Crippen molar-refractivity contribution in [2.45, 2.75) is 6.54 Å². The molecule has 0 aliphatic rings. The van der Waals surface area contributed by atoms with Gasteiger partial charge in [-0.1, -0.05) is 12.1 Å². The van der Waals surface area contributed by atoms with Crippen molar-refractivity contribution < 1.29 is 4.79 Å². The third kappa shape index (κ3) is 2.91. The van der Waals surface area contributed by atoms with Crippen molar-refractivity contribution >= 4 is 39.9 Å². The van der Waals surface area contributed by atoms with Crippen LogP contribution in [-0.4, -0.2) is 10.9 Å². The van der Waals surface area contributed by atoms with E-state index in [1.54, 1.807) is 28.1 Å². The number of thiophene rings is 2. The van der Waals surface area contributed by atoms with Crippen molar-refractivity contribution in [2.75, 3.05) is 0 Å². The zero-order chi connectivity index (χ0) is 13.1. The van der Waals surface area contributed by atoms with Crippen LogP contribution in [0.5, 0.6) is 0 Å². The SMILES string of the molecule is O=C(NCc1cccs1)c1csc(-c2cccs2)n1. The van der Waals surface area contributed by atoms with E-state index >= 15 is 0 Å². The highest BCUT2D eigenvalue weighted by Crippen LogP contribution is 2.27. The standard InChI is InChI=1S/C13H10N2OS3/c16-12(14-7-9-3-1-5-17-9)10-8-19-13(15-10)11-4-2-6-18-11/h1-6,8H,7H2,(H,14,16). The Bertz CT molecular complexity index is 656. The second kappa shape index (κ2) is 5.64. The maximum atomic E-state index is 12.0. The molecule has 3 heterocycles. The number of aromatic nitrogens is 1. The minimum atomic E-state index is -0.118. The average Bonchev–Trinajstić information content (AvgIpc) is 3.14. The molecule has 0 radical (unpaired) electrons. The number of hydrogen-bond donors (Lipinski definition) is 1. The van der Waals surface area contributed by atoms with Crippen LogP contribution in [0, 0.1) is 0 Å². The summed E-state index contributed by atoms with van der Waals surface area (Å²) in [5.74, 6) is -0.118. The van der Waals surface area contributed by atoms with Crippen molar-refractivity contribution in [3.05, 3.63) is 51.0 Å². The monoisotopic (exact) mass is 306 g/mol. The van der Waals surface area contributed by atoms with E-state index in [1.165, 1.54) is 11.3 Å². The number of nitrogens with zero attached hydrogens (tertiary/aromatic N) is 1. The third-order valence-electron chi connectivity index (χ3n) is 2.47. The predicted molar refractivity (Wildman–Crippen MR) is 80.9 cm³/mol. The number of hydrogen-bond acceptors (Lipinski definition) is 5. The van der Waals surface area contributed by atoms with Crippen LogP contribution in [0.15, 0.2) is 40.4 Å². The summed E-state index contributed by atoms with van der Waals surface area (Å²) in [6.45, 7) is 0.558. The summed E-state index contributed by atoms with van der Waals surface area (Å²) >= 11 is 4.76. The van der Waals surface area contributed by atoms with E-state index in [0.29, 0.717) is 12.2 Å². The van der Waals surface area contributed by atoms with Crippen LogP contribution in [0.25, 0.3) is 9.88 Å². The van der Waals surface area contributed by atoms with Crippen LogP contribution >= 0.6 is 34.0 Å². The Morgan fingerprint density at radius 2 is 2.00 bits per heavy atom. The number of nitrogens with one attached hydrogen (secondary N) is 1. The molecule has 1 N–H and O–H groups in total. The first-order valence-electron chi connectivity index (χ1n) is 5.63. The molecule has 3 aromatic heterocycles. The van der Waals surface area contributed by atoms with E-state index < -0.39 is 0 Å². The van der Waals surface area contributed by atoms with Crippen LogP contribution in [0.3, 0.4) is 0 Å². The number of carbonyl (C=O) groups is 1. The minimum Gasteiger partial charge on any atom is -0.346 e. The van der Waals surface area contributed by atoms with E-state index in [2.05, 4.69) is 10.3 Å². The van der Waals surface area contributed by atoms with E-state index in [-0.39, 0.29) is 5.91 Å². The van der Waals surface area contributed by atoms with Gasteiger partial charge >= 0.3 is 0 Å². The van der Waals surface area contributed by atoms with E-state index in [4.69, 9.17) is 0 Å². The molecular weight excluding hydrogens is 296 g/mol. The lowest BCUT2D eigenvalue weighted by atomic mass is 10.4. The van der Waals surface area contributed by atoms with Crippen molar-refractivity contribution in [2.24, 2.45) is 0 Å². The van der Waals surface area contributed by atoms with Gasteiger partial charge in [0.2, 0.25) is 0 Å². The number of amides is 1. The lowest BCUT2D eigenvalue weighted by molar-refractivity contribution is 0.0947. The second-order valence-electron chi connectivity index (χ2n) is 3.78. The van der Waals surface area contributed by atoms with E-state index in [9.17, 15) is 4.79 Å². The molecule has 0 saturated heterocycles. The normalized spacial score (nSPS) is 10.5. The highest BCUT2D eigenvalue weighted by Gasteiger charge is 2.12. The van der Waals surface area contributed by atoms with Crippen LogP contribution in [-0.2, 0) is 6.54 Å². The summed E-state index contributed by atoms with van der Waals surface area (Å²) in [6.07, 6.45) is 0. The first kappa shape index (κ1) is 12.5. The first-order chi connectivity index (χ1) is 9.33. The van der Waals surface area contributed by atoms with Crippen molar-refractivity contribution in [3.63, 3.8) is 0 Å². The smallest absolute Gasteiger partial charge is 0.271 e. The van der Waals surface area contributed by atoms with Crippen LogP contribution in [0.1, 0.15) is 15.4 Å². The Kier molecular flexibility index (Phi) is 3.72. The number of carbonyl (C=O) groups excluding carboxylic acids is 1. The molecule has 19 heavy (non-hydrogen) atoms. The van der Waals surface area contributed by atoms with Gasteiger partial charge in [0, 0.05) is 10.3 Å². The van der Waals surface area contributed by atoms with Gasteiger partial charge in [0.15, 0.2) is 0 Å². The van der Waals surface area contributed by atoms with Gasteiger partial charge in [-0.2, -0.15) is 0 Å². The maximum Gasteiger partial charge on any atom is 0.271 e. The van der Waals surface area contributed by atoms with E-state index in [0.717, 1.165) is 14.8 Å². The molecule has 0 saturated carbocycles. The minimum absolute atomic E-state index is 0.118. The summed E-state index contributed by atoms with van der Waals surface area (Å²) < 4.78 is 0. The Hall–Kier alpha value is -1.50. The number of thiazole rings is 1. The number of rotatable bonds is 4. The fraction of sp³-hybridized carbons (Fsp3) is 0.0769. The Morgan fingerprint density at radius 1 is 1.16 bits per heavy atom. The zero-order valence-corrected chi connectivity index (χ0v) is 12.3. The third-order valence-corrected chi connectivity index (χ3v) is 5.23. The maximum absolute atomic E-state index is 12.0. The van der Waals surface area contributed by atoms with Crippen molar-refractivity contribution in [1.82, 2.24) is 10.3 Å². The molecular formula is C13H10N2OS3. The summed E-state index contributed by atoms with van der Waals surface area (Å²) in [6, 6.07) is 7.97. The molecule has 0 fully saturated rings. The van der Waals surface area contributed by atoms with Crippen LogP contribution < -0.4 is 5.32 Å². The molecule has 0 spiro atoms. The molecule has 3 nitrogen and oxygen atoms in total. The zero-order valence-electron chi connectivity index (χ0n) is 9.83. The van der Waals surface area contributed by atoms with Crippen LogP contribution in [0.4, 0.5) is 0 Å². The Balaban J connectivity index is 1.67. The molecule has 3 rings (SSSR count). The first-order valence-corrected chi connectivity index (χ1v) is 8.27. The summed E-state index contributed by atoms with van der Waals surface area (Å²) in [4.78, 5) is 18.6. The highest BCUT2D eigenvalue weighted by molar-refractivity contribution is 7.20. The molecule has 6 heteroatoms. The lowest BCUT2D eigenvalue weighted by Crippen LogP contribution is -2.22. The van der Waals surface area contributed by atoms with Crippen molar-refractivity contribution in [1.29, 1.82) is 0 Å². The fourth-order valence-corrected chi connectivity index (χ4v) is 3.82. The Morgan fingerprint density at radius 3 is 2.74 bits per heavy atom. The predicted octanol–water partition coefficient (Wildman–Crippen LogP) is 3.86. The molecule has 0 bridgehead atoms. The van der Waals surface area contributed by atoms with Gasteiger partial charge in [-0.3, -0.25) is 4.79 Å². The van der Waals surface area contributed by atoms with Gasteiger partial charge in [0.05, 0.1) is 11.4 Å². The Labute approximate surface area is 122 Å². The molecule has 1 amide bonds. The summed E-state index contributed by atoms with van der Waals surface area (Å²) in [5.41, 5.74) is 0.491. The van der Waals surface area contributed by atoms with Crippen LogP contribution in [0.2, 0.25) is 0 Å².